The number of fused-ring (bicyclic) bond motifs is 5. The smallest absolute Gasteiger partial charge is 0.326 e. The summed E-state index contributed by atoms with van der Waals surface area (Å²) in [7, 11) is 2.60. The van der Waals surface area contributed by atoms with Crippen molar-refractivity contribution < 1.29 is 64.4 Å². The van der Waals surface area contributed by atoms with E-state index in [0.717, 1.165) is 47.6 Å². The fourth-order valence-corrected chi connectivity index (χ4v) is 6.96. The molecule has 2 unspecified atom stereocenters. The Bertz CT molecular complexity index is 1940. The van der Waals surface area contributed by atoms with Gasteiger partial charge in [-0.3, -0.25) is 39.2 Å². The maximum Gasteiger partial charge on any atom is 0.326 e. The fourth-order valence-electron chi connectivity index (χ4n) is 6.96. The van der Waals surface area contributed by atoms with Gasteiger partial charge in [0.15, 0.2) is 5.75 Å². The van der Waals surface area contributed by atoms with Gasteiger partial charge < -0.3 is 51.5 Å². The molecule has 0 fully saturated rings. The molecule has 0 aliphatic carbocycles. The average molecular weight is 872 g/mol. The largest absolute Gasteiger partial charge is 0.507 e. The van der Waals surface area contributed by atoms with E-state index in [0.29, 0.717) is 12.3 Å². The number of aromatic hydroxyl groups is 2. The van der Waals surface area contributed by atoms with E-state index < -0.39 is 108 Å². The maximum absolute atomic E-state index is 13.9. The SMILES string of the molecule is CC(C)CCCCCCCCC(=O)N(C)[C@H](CO)C(=O)N[C@H](C)C(=O)NCC(=O)N(C)C1C(=O)N[C@@H](C)C(=O)NC(C(=O)O)Cc2cc(c(O)c(N(O)O)c2)-c2cc1ccc2O. The number of anilines is 1. The number of carbonyl (C=O) groups is 7. The van der Waals surface area contributed by atoms with Gasteiger partial charge in [0.1, 0.15) is 41.6 Å². The molecule has 0 aromatic heterocycles. The number of aliphatic carboxylic acids is 1. The van der Waals surface area contributed by atoms with Crippen molar-refractivity contribution in [2.75, 3.05) is 32.5 Å². The predicted molar refractivity (Wildman–Crippen MR) is 224 cm³/mol. The van der Waals surface area contributed by atoms with E-state index in [2.05, 4.69) is 35.1 Å². The minimum Gasteiger partial charge on any atom is -0.507 e. The molecular weight excluding hydrogens is 810 g/mol. The Hall–Kier alpha value is -5.99. The molecule has 2 aromatic carbocycles. The molecule has 20 nitrogen and oxygen atoms in total. The van der Waals surface area contributed by atoms with Crippen LogP contribution in [-0.4, -0.2) is 133 Å². The highest BCUT2D eigenvalue weighted by molar-refractivity contribution is 5.96. The van der Waals surface area contributed by atoms with Crippen molar-refractivity contribution in [3.8, 4) is 22.6 Å². The number of unbranched alkanes of at least 4 members (excludes halogenated alkanes) is 5. The van der Waals surface area contributed by atoms with Gasteiger partial charge in [0.25, 0.3) is 0 Å². The van der Waals surface area contributed by atoms with E-state index in [9.17, 15) is 64.4 Å². The van der Waals surface area contributed by atoms with Crippen LogP contribution in [0.5, 0.6) is 11.5 Å². The number of benzene rings is 2. The number of hydrogen-bond donors (Lipinski definition) is 10. The summed E-state index contributed by atoms with van der Waals surface area (Å²) >= 11 is 0. The molecule has 0 saturated heterocycles. The van der Waals surface area contributed by atoms with Gasteiger partial charge in [-0.25, -0.2) is 4.79 Å². The Balaban J connectivity index is 1.77. The Morgan fingerprint density at radius 1 is 0.839 bits per heavy atom. The van der Waals surface area contributed by atoms with Crippen LogP contribution in [-0.2, 0) is 40.0 Å². The highest BCUT2D eigenvalue weighted by Gasteiger charge is 2.34. The van der Waals surface area contributed by atoms with Gasteiger partial charge in [0, 0.05) is 38.1 Å². The number of phenols is 2. The first-order chi connectivity index (χ1) is 29.2. The molecule has 0 radical (unpaired) electrons. The number of nitrogens with zero attached hydrogens (tertiary/aromatic N) is 3. The second kappa shape index (κ2) is 23.3. The molecule has 2 aromatic rings. The summed E-state index contributed by atoms with van der Waals surface area (Å²) in [6.07, 6.45) is 6.78. The average Bonchev–Trinajstić information content (AvgIpc) is 3.20. The normalized spacial score (nSPS) is 17.4. The molecule has 1 heterocycles. The molecule has 342 valence electrons. The molecule has 20 heteroatoms. The van der Waals surface area contributed by atoms with Crippen molar-refractivity contribution in [1.82, 2.24) is 31.1 Å². The van der Waals surface area contributed by atoms with Crippen LogP contribution in [0.2, 0.25) is 0 Å². The molecule has 1 aliphatic rings. The summed E-state index contributed by atoms with van der Waals surface area (Å²) in [4.78, 5) is 94.0. The number of phenolic OH excluding ortho intramolecular Hbond substituents is 2. The van der Waals surface area contributed by atoms with Crippen molar-refractivity contribution in [2.24, 2.45) is 5.92 Å². The summed E-state index contributed by atoms with van der Waals surface area (Å²) in [6.45, 7) is 5.55. The fraction of sp³-hybridized carbons (Fsp3) is 0.548. The predicted octanol–water partition coefficient (Wildman–Crippen LogP) is 1.70. The molecule has 6 amide bonds. The van der Waals surface area contributed by atoms with Crippen LogP contribution >= 0.6 is 0 Å². The summed E-state index contributed by atoms with van der Waals surface area (Å²) in [6, 6.07) is -1.15. The van der Waals surface area contributed by atoms with Crippen molar-refractivity contribution in [2.45, 2.75) is 116 Å². The lowest BCUT2D eigenvalue weighted by atomic mass is 9.93. The number of likely N-dealkylation sites (N-methyl/N-ethyl adjacent to an activating group) is 2. The van der Waals surface area contributed by atoms with Crippen LogP contribution in [0.25, 0.3) is 11.1 Å². The van der Waals surface area contributed by atoms with Crippen LogP contribution in [0.3, 0.4) is 0 Å². The van der Waals surface area contributed by atoms with Crippen LogP contribution in [0.4, 0.5) is 5.69 Å². The number of nitrogens with one attached hydrogen (secondary N) is 4. The molecule has 4 bridgehead atoms. The minimum atomic E-state index is -1.61. The molecule has 1 aliphatic heterocycles. The summed E-state index contributed by atoms with van der Waals surface area (Å²) < 4.78 is 0. The quantitative estimate of drug-likeness (QED) is 0.0711. The first-order valence-corrected chi connectivity index (χ1v) is 20.6. The molecule has 0 spiro atoms. The van der Waals surface area contributed by atoms with E-state index in [1.165, 1.54) is 59.0 Å². The van der Waals surface area contributed by atoms with E-state index in [-0.39, 0.29) is 34.6 Å². The minimum absolute atomic E-state index is 0.0215. The standard InChI is InChI=1S/C42H61N7O13/c1-23(2)13-11-9-7-8-10-12-14-34(52)47(5)32(22-50)40(57)44-24(3)38(55)43-21-35(53)48(6)36-27-15-16-33(51)28(20-27)29-17-26(19-31(37(29)54)49(61)62)18-30(42(59)60)46-39(56)25(4)45-41(36)58/h15-17,19-20,23-25,30,32,36,50-51,54,61-62H,7-14,18,21-22H2,1-6H3,(H,43,55)(H,44,57)(H,45,58)(H,46,56)(H,59,60)/t24-,25+,30?,32-,36?/m1/s1. The van der Waals surface area contributed by atoms with Crippen LogP contribution in [0.1, 0.15) is 96.2 Å². The third kappa shape index (κ3) is 13.8. The monoisotopic (exact) mass is 871 g/mol. The van der Waals surface area contributed by atoms with Crippen LogP contribution in [0.15, 0.2) is 30.3 Å². The van der Waals surface area contributed by atoms with E-state index in [1.807, 2.05) is 0 Å². The lowest BCUT2D eigenvalue weighted by Crippen LogP contribution is -2.55. The highest BCUT2D eigenvalue weighted by Crippen LogP contribution is 2.43. The van der Waals surface area contributed by atoms with Gasteiger partial charge >= 0.3 is 5.97 Å². The molecule has 10 N–H and O–H groups in total. The Morgan fingerprint density at radius 2 is 1.48 bits per heavy atom. The number of carboxylic acid groups (broad SMARTS) is 1. The van der Waals surface area contributed by atoms with Crippen molar-refractivity contribution in [1.29, 1.82) is 0 Å². The van der Waals surface area contributed by atoms with Crippen LogP contribution in [0, 0.1) is 5.92 Å². The Kier molecular flexibility index (Phi) is 18.9. The summed E-state index contributed by atoms with van der Waals surface area (Å²) in [5.74, 6) is -6.75. The number of carbonyl (C=O) groups excluding carboxylic acids is 6. The molecule has 3 rings (SSSR count). The number of rotatable bonds is 19. The zero-order chi connectivity index (χ0) is 46.4. The molecule has 62 heavy (non-hydrogen) atoms. The Labute approximate surface area is 360 Å². The maximum atomic E-state index is 13.9. The van der Waals surface area contributed by atoms with Gasteiger partial charge in [-0.05, 0) is 61.6 Å². The zero-order valence-corrected chi connectivity index (χ0v) is 36.0. The number of hydrogen-bond acceptors (Lipinski definition) is 13. The first-order valence-electron chi connectivity index (χ1n) is 20.6. The lowest BCUT2D eigenvalue weighted by molar-refractivity contribution is -0.143. The number of aliphatic hydroxyl groups excluding tert-OH is 1. The van der Waals surface area contributed by atoms with Crippen LogP contribution < -0.4 is 26.5 Å². The van der Waals surface area contributed by atoms with Gasteiger partial charge in [-0.15, -0.1) is 5.23 Å². The van der Waals surface area contributed by atoms with Gasteiger partial charge in [-0.2, -0.15) is 0 Å². The number of aliphatic hydroxyl groups is 1. The topological polar surface area (TPSA) is 299 Å². The van der Waals surface area contributed by atoms with E-state index >= 15 is 0 Å². The lowest BCUT2D eigenvalue weighted by Gasteiger charge is -2.30. The number of amides is 6. The van der Waals surface area contributed by atoms with Crippen molar-refractivity contribution in [3.05, 3.63) is 41.5 Å². The second-order valence-electron chi connectivity index (χ2n) is 16.0. The second-order valence-corrected chi connectivity index (χ2v) is 16.0. The first kappa shape index (κ1) is 50.4. The number of carboxylic acids is 1. The van der Waals surface area contributed by atoms with Gasteiger partial charge in [0.2, 0.25) is 35.4 Å². The zero-order valence-electron chi connectivity index (χ0n) is 36.0. The summed E-state index contributed by atoms with van der Waals surface area (Å²) in [5.41, 5.74) is -0.919. The molecular formula is C42H61N7O13. The molecule has 0 saturated carbocycles. The Morgan fingerprint density at radius 3 is 2.10 bits per heavy atom. The summed E-state index contributed by atoms with van der Waals surface area (Å²) in [5, 5.41) is 70.7. The molecule has 5 atom stereocenters. The van der Waals surface area contributed by atoms with Gasteiger partial charge in [-0.1, -0.05) is 58.4 Å². The van der Waals surface area contributed by atoms with Gasteiger partial charge in [0.05, 0.1) is 13.2 Å². The third-order valence-corrected chi connectivity index (χ3v) is 10.8. The van der Waals surface area contributed by atoms with E-state index in [4.69, 9.17) is 0 Å². The van der Waals surface area contributed by atoms with Crippen molar-refractivity contribution >= 4 is 47.1 Å². The van der Waals surface area contributed by atoms with Crippen molar-refractivity contribution in [3.63, 3.8) is 0 Å². The van der Waals surface area contributed by atoms with E-state index in [1.54, 1.807) is 0 Å². The highest BCUT2D eigenvalue weighted by atomic mass is 16.8. The third-order valence-electron chi connectivity index (χ3n) is 10.8.